The van der Waals surface area contributed by atoms with Crippen LogP contribution in [0.5, 0.6) is 11.5 Å². The van der Waals surface area contributed by atoms with Crippen molar-refractivity contribution in [3.8, 4) is 11.5 Å². The molecule has 0 radical (unpaired) electrons. The predicted octanol–water partition coefficient (Wildman–Crippen LogP) is 2.09. The van der Waals surface area contributed by atoms with Crippen LogP contribution >= 0.6 is 11.3 Å². The molecule has 154 valence electrons. The second kappa shape index (κ2) is 6.96. The lowest BCUT2D eigenvalue weighted by Crippen LogP contribution is -2.34. The maximum Gasteiger partial charge on any atom is 0.285 e. The molecular weight excluding hydrogens is 428 g/mol. The molecule has 0 fully saturated rings. The number of aromatic nitrogens is 1. The average molecular weight is 444 g/mol. The van der Waals surface area contributed by atoms with Gasteiger partial charge in [-0.25, -0.2) is 4.98 Å². The van der Waals surface area contributed by atoms with E-state index >= 15 is 0 Å². The standard InChI is InChI=1S/C19H16N4O5S2/c1-23(18-11-4-2-3-5-16(11)30(25,26)22-18)10-17(24)21-19-20-12-8-13-14(9-15(12)29-19)28-7-6-27-13/h2-5,8-9H,6-7,10H2,1H3,(H,20,21,24). The number of amides is 1. The highest BCUT2D eigenvalue weighted by Crippen LogP contribution is 2.37. The summed E-state index contributed by atoms with van der Waals surface area (Å²) in [5.41, 5.74) is 1.19. The number of ether oxygens (including phenoxy) is 2. The van der Waals surface area contributed by atoms with Crippen LogP contribution in [0.2, 0.25) is 0 Å². The number of hydrogen-bond acceptors (Lipinski definition) is 8. The number of fused-ring (bicyclic) bond motifs is 3. The molecule has 1 N–H and O–H groups in total. The monoisotopic (exact) mass is 444 g/mol. The smallest absolute Gasteiger partial charge is 0.285 e. The van der Waals surface area contributed by atoms with E-state index in [2.05, 4.69) is 14.7 Å². The Bertz CT molecular complexity index is 1270. The molecule has 0 spiro atoms. The van der Waals surface area contributed by atoms with E-state index < -0.39 is 10.0 Å². The lowest BCUT2D eigenvalue weighted by Gasteiger charge is -2.17. The van der Waals surface area contributed by atoms with Gasteiger partial charge >= 0.3 is 0 Å². The molecular formula is C19H16N4O5S2. The number of anilines is 1. The van der Waals surface area contributed by atoms with E-state index in [4.69, 9.17) is 9.47 Å². The van der Waals surface area contributed by atoms with Crippen molar-refractivity contribution < 1.29 is 22.7 Å². The van der Waals surface area contributed by atoms with Crippen LogP contribution in [0.4, 0.5) is 5.13 Å². The van der Waals surface area contributed by atoms with Crippen LogP contribution in [0, 0.1) is 0 Å². The molecule has 3 heterocycles. The fourth-order valence-electron chi connectivity index (χ4n) is 3.33. The Labute approximate surface area is 176 Å². The molecule has 0 saturated carbocycles. The number of thiazole rings is 1. The maximum absolute atomic E-state index is 12.5. The van der Waals surface area contributed by atoms with Gasteiger partial charge in [0, 0.05) is 24.7 Å². The number of benzene rings is 2. The Morgan fingerprint density at radius 1 is 1.20 bits per heavy atom. The zero-order valence-electron chi connectivity index (χ0n) is 15.8. The van der Waals surface area contributed by atoms with Gasteiger partial charge in [-0.3, -0.25) is 4.79 Å². The highest BCUT2D eigenvalue weighted by atomic mass is 32.2. The number of nitrogens with zero attached hydrogens (tertiary/aromatic N) is 3. The lowest BCUT2D eigenvalue weighted by molar-refractivity contribution is -0.116. The van der Waals surface area contributed by atoms with Crippen molar-refractivity contribution >= 4 is 48.5 Å². The number of carbonyl (C=O) groups excluding carboxylic acids is 1. The molecule has 0 atom stereocenters. The van der Waals surface area contributed by atoms with Crippen LogP contribution in [0.1, 0.15) is 5.56 Å². The van der Waals surface area contributed by atoms with Crippen molar-refractivity contribution in [3.63, 3.8) is 0 Å². The van der Waals surface area contributed by atoms with Gasteiger partial charge in [0.25, 0.3) is 10.0 Å². The zero-order valence-corrected chi connectivity index (χ0v) is 17.4. The molecule has 0 bridgehead atoms. The molecule has 2 aliphatic rings. The maximum atomic E-state index is 12.5. The summed E-state index contributed by atoms with van der Waals surface area (Å²) in [6.07, 6.45) is 0. The van der Waals surface area contributed by atoms with Crippen molar-refractivity contribution in [2.75, 3.05) is 32.1 Å². The molecule has 3 aromatic rings. The van der Waals surface area contributed by atoms with Crippen molar-refractivity contribution in [2.45, 2.75) is 4.90 Å². The lowest BCUT2D eigenvalue weighted by atomic mass is 10.2. The molecule has 1 aromatic heterocycles. The summed E-state index contributed by atoms with van der Waals surface area (Å²) in [5.74, 6) is 1.20. The van der Waals surface area contributed by atoms with E-state index in [9.17, 15) is 13.2 Å². The Balaban J connectivity index is 1.33. The number of carbonyl (C=O) groups is 1. The van der Waals surface area contributed by atoms with Crippen LogP contribution in [-0.2, 0) is 14.8 Å². The normalized spacial score (nSPS) is 16.1. The summed E-state index contributed by atoms with van der Waals surface area (Å²) in [7, 11) is -2.12. The summed E-state index contributed by atoms with van der Waals surface area (Å²) in [6, 6.07) is 10.2. The number of likely N-dealkylation sites (N-methyl/N-ethyl adjacent to an activating group) is 1. The third-order valence-corrected chi connectivity index (χ3v) is 6.91. The summed E-state index contributed by atoms with van der Waals surface area (Å²) >= 11 is 1.32. The Morgan fingerprint density at radius 3 is 2.73 bits per heavy atom. The molecule has 5 rings (SSSR count). The number of hydrogen-bond donors (Lipinski definition) is 1. The summed E-state index contributed by atoms with van der Waals surface area (Å²) in [6.45, 7) is 0.901. The summed E-state index contributed by atoms with van der Waals surface area (Å²) < 4.78 is 40.2. The molecule has 0 unspecified atom stereocenters. The van der Waals surface area contributed by atoms with Crippen molar-refractivity contribution in [1.29, 1.82) is 0 Å². The van der Waals surface area contributed by atoms with E-state index in [0.717, 1.165) is 4.70 Å². The minimum absolute atomic E-state index is 0.0820. The molecule has 11 heteroatoms. The second-order valence-corrected chi connectivity index (χ2v) is 9.38. The Kier molecular flexibility index (Phi) is 4.36. The van der Waals surface area contributed by atoms with Gasteiger partial charge in [0.1, 0.15) is 18.1 Å². The first-order valence-corrected chi connectivity index (χ1v) is 11.3. The van der Waals surface area contributed by atoms with Gasteiger partial charge in [-0.15, -0.1) is 4.40 Å². The predicted molar refractivity (Wildman–Crippen MR) is 112 cm³/mol. The van der Waals surface area contributed by atoms with E-state index in [1.54, 1.807) is 31.3 Å². The van der Waals surface area contributed by atoms with E-state index in [-0.39, 0.29) is 23.2 Å². The van der Waals surface area contributed by atoms with Gasteiger partial charge in [-0.2, -0.15) is 8.42 Å². The minimum Gasteiger partial charge on any atom is -0.486 e. The molecule has 9 nitrogen and oxygen atoms in total. The first kappa shape index (κ1) is 18.8. The third-order valence-electron chi connectivity index (χ3n) is 4.65. The molecule has 1 amide bonds. The third kappa shape index (κ3) is 3.25. The number of amidine groups is 1. The van der Waals surface area contributed by atoms with Crippen molar-refractivity contribution in [2.24, 2.45) is 4.40 Å². The Hall–Kier alpha value is -3.18. The van der Waals surface area contributed by atoms with Gasteiger partial charge in [-0.05, 0) is 12.1 Å². The molecule has 0 saturated heterocycles. The fourth-order valence-corrected chi connectivity index (χ4v) is 5.48. The van der Waals surface area contributed by atoms with Crippen molar-refractivity contribution in [3.05, 3.63) is 42.0 Å². The van der Waals surface area contributed by atoms with Crippen molar-refractivity contribution in [1.82, 2.24) is 9.88 Å². The average Bonchev–Trinajstić information content (AvgIpc) is 3.23. The van der Waals surface area contributed by atoms with Gasteiger partial charge in [-0.1, -0.05) is 23.5 Å². The quantitative estimate of drug-likeness (QED) is 0.659. The van der Waals surface area contributed by atoms with Crippen LogP contribution in [-0.4, -0.2) is 56.9 Å². The SMILES string of the molecule is CN(CC(=O)Nc1nc2cc3c(cc2s1)OCCO3)C1=NS(=O)(=O)c2ccccc21. The second-order valence-electron chi connectivity index (χ2n) is 6.77. The highest BCUT2D eigenvalue weighted by Gasteiger charge is 2.31. The topological polar surface area (TPSA) is 110 Å². The van der Waals surface area contributed by atoms with Gasteiger partial charge in [0.15, 0.2) is 22.5 Å². The minimum atomic E-state index is -3.74. The van der Waals surface area contributed by atoms with Gasteiger partial charge in [0.05, 0.1) is 16.8 Å². The van der Waals surface area contributed by atoms with Crippen LogP contribution in [0.15, 0.2) is 45.7 Å². The summed E-state index contributed by atoms with van der Waals surface area (Å²) in [5, 5.41) is 3.20. The molecule has 0 aliphatic carbocycles. The molecule has 2 aromatic carbocycles. The summed E-state index contributed by atoms with van der Waals surface area (Å²) in [4.78, 5) is 18.6. The number of sulfonamides is 1. The number of nitrogens with one attached hydrogen (secondary N) is 1. The zero-order chi connectivity index (χ0) is 20.9. The first-order chi connectivity index (χ1) is 14.4. The van der Waals surface area contributed by atoms with Crippen LogP contribution in [0.25, 0.3) is 10.2 Å². The first-order valence-electron chi connectivity index (χ1n) is 9.06. The highest BCUT2D eigenvalue weighted by molar-refractivity contribution is 7.90. The van der Waals surface area contributed by atoms with E-state index in [1.807, 2.05) is 6.07 Å². The molecule has 30 heavy (non-hydrogen) atoms. The van der Waals surface area contributed by atoms with E-state index in [0.29, 0.717) is 40.9 Å². The van der Waals surface area contributed by atoms with Crippen LogP contribution in [0.3, 0.4) is 0 Å². The molecule has 2 aliphatic heterocycles. The number of rotatable bonds is 3. The largest absolute Gasteiger partial charge is 0.486 e. The van der Waals surface area contributed by atoms with E-state index in [1.165, 1.54) is 22.3 Å². The van der Waals surface area contributed by atoms with Crippen LogP contribution < -0.4 is 14.8 Å². The fraction of sp³-hybridized carbons (Fsp3) is 0.211. The van der Waals surface area contributed by atoms with Gasteiger partial charge < -0.3 is 19.7 Å². The van der Waals surface area contributed by atoms with Gasteiger partial charge in [0.2, 0.25) is 5.91 Å². The Morgan fingerprint density at radius 2 is 1.93 bits per heavy atom.